The monoisotopic (exact) mass is 583 g/mol. The first kappa shape index (κ1) is 31.2. The lowest BCUT2D eigenvalue weighted by Gasteiger charge is -2.33. The summed E-state index contributed by atoms with van der Waals surface area (Å²) in [5.74, 6) is -0.528. The van der Waals surface area contributed by atoms with Crippen LogP contribution in [-0.2, 0) is 26.2 Å². The van der Waals surface area contributed by atoms with Crippen molar-refractivity contribution < 1.29 is 18.0 Å². The predicted molar refractivity (Wildman–Crippen MR) is 161 cm³/mol. The van der Waals surface area contributed by atoms with E-state index < -0.39 is 28.5 Å². The topological polar surface area (TPSA) is 86.8 Å². The molecule has 7 nitrogen and oxygen atoms in total. The Kier molecular flexibility index (Phi) is 10.8. The largest absolute Gasteiger partial charge is 0.354 e. The molecule has 3 aromatic rings. The zero-order valence-electron chi connectivity index (χ0n) is 23.7. The minimum absolute atomic E-state index is 0.0537. The second kappa shape index (κ2) is 13.8. The number of nitrogens with one attached hydrogen (secondary N) is 1. The van der Waals surface area contributed by atoms with Crippen molar-refractivity contribution in [1.82, 2.24) is 10.2 Å². The quantitative estimate of drug-likeness (QED) is 0.295. The lowest BCUT2D eigenvalue weighted by atomic mass is 10.1. The van der Waals surface area contributed by atoms with Crippen molar-refractivity contribution in [2.45, 2.75) is 58.5 Å². The molecule has 0 spiro atoms. The summed E-state index contributed by atoms with van der Waals surface area (Å²) in [6.45, 7) is 9.77. The number of carbonyl (C=O) groups excluding carboxylic acids is 2. The molecule has 1 atom stereocenters. The molecule has 0 aromatic heterocycles. The minimum atomic E-state index is -4.14. The van der Waals surface area contributed by atoms with Crippen LogP contribution in [0, 0.1) is 19.8 Å². The summed E-state index contributed by atoms with van der Waals surface area (Å²) in [7, 11) is -4.14. The van der Waals surface area contributed by atoms with Crippen molar-refractivity contribution in [3.05, 3.63) is 94.5 Å². The van der Waals surface area contributed by atoms with Crippen LogP contribution in [0.2, 0.25) is 5.02 Å². The molecule has 0 heterocycles. The number of benzene rings is 3. The van der Waals surface area contributed by atoms with Gasteiger partial charge in [-0.15, -0.1) is 0 Å². The summed E-state index contributed by atoms with van der Waals surface area (Å²) >= 11 is 6.23. The molecule has 0 radical (unpaired) electrons. The number of anilines is 1. The Labute approximate surface area is 243 Å². The van der Waals surface area contributed by atoms with Crippen LogP contribution in [0.3, 0.4) is 0 Å². The molecule has 0 saturated carbocycles. The third kappa shape index (κ3) is 7.86. The Balaban J connectivity index is 2.06. The number of sulfonamides is 1. The molecule has 1 N–H and O–H groups in total. The van der Waals surface area contributed by atoms with E-state index in [4.69, 9.17) is 11.6 Å². The SMILES string of the molecule is CC[C@@H](C(=O)NCC(C)C)N(Cc1ccccc1C)C(=O)CN(c1cccc(Cl)c1)S(=O)(=O)c1ccc(C)cc1. The van der Waals surface area contributed by atoms with Crippen molar-refractivity contribution in [1.29, 1.82) is 0 Å². The zero-order chi connectivity index (χ0) is 29.4. The first-order valence-corrected chi connectivity index (χ1v) is 15.2. The number of carbonyl (C=O) groups is 2. The number of nitrogens with zero attached hydrogens (tertiary/aromatic N) is 2. The summed E-state index contributed by atoms with van der Waals surface area (Å²) in [4.78, 5) is 28.9. The highest BCUT2D eigenvalue weighted by molar-refractivity contribution is 7.92. The summed E-state index contributed by atoms with van der Waals surface area (Å²) in [5, 5.41) is 3.28. The summed E-state index contributed by atoms with van der Waals surface area (Å²) in [6.07, 6.45) is 0.365. The van der Waals surface area contributed by atoms with E-state index in [0.717, 1.165) is 21.0 Å². The molecule has 0 fully saturated rings. The molecule has 0 unspecified atom stereocenters. The van der Waals surface area contributed by atoms with Gasteiger partial charge in [0.05, 0.1) is 10.6 Å². The Morgan fingerprint density at radius 2 is 1.62 bits per heavy atom. The third-order valence-electron chi connectivity index (χ3n) is 6.66. The molecule has 0 aliphatic heterocycles. The van der Waals surface area contributed by atoms with Crippen molar-refractivity contribution in [2.24, 2.45) is 5.92 Å². The first-order chi connectivity index (χ1) is 18.9. The predicted octanol–water partition coefficient (Wildman–Crippen LogP) is 5.73. The van der Waals surface area contributed by atoms with Gasteiger partial charge in [-0.05, 0) is 67.6 Å². The maximum absolute atomic E-state index is 14.1. The van der Waals surface area contributed by atoms with E-state index in [0.29, 0.717) is 18.0 Å². The molecule has 9 heteroatoms. The van der Waals surface area contributed by atoms with Crippen molar-refractivity contribution in [3.63, 3.8) is 0 Å². The minimum Gasteiger partial charge on any atom is -0.354 e. The molecule has 3 aromatic carbocycles. The van der Waals surface area contributed by atoms with E-state index in [1.807, 2.05) is 58.9 Å². The van der Waals surface area contributed by atoms with Gasteiger partial charge in [0.1, 0.15) is 12.6 Å². The zero-order valence-corrected chi connectivity index (χ0v) is 25.3. The smallest absolute Gasteiger partial charge is 0.264 e. The number of hydrogen-bond donors (Lipinski definition) is 1. The van der Waals surface area contributed by atoms with Gasteiger partial charge in [-0.3, -0.25) is 13.9 Å². The maximum Gasteiger partial charge on any atom is 0.264 e. The van der Waals surface area contributed by atoms with Gasteiger partial charge >= 0.3 is 0 Å². The van der Waals surface area contributed by atoms with Gasteiger partial charge in [0, 0.05) is 18.1 Å². The van der Waals surface area contributed by atoms with Crippen LogP contribution in [0.15, 0.2) is 77.7 Å². The first-order valence-electron chi connectivity index (χ1n) is 13.4. The van der Waals surface area contributed by atoms with E-state index in [1.165, 1.54) is 23.1 Å². The van der Waals surface area contributed by atoms with Crippen molar-refractivity contribution >= 4 is 39.1 Å². The molecule has 214 valence electrons. The van der Waals surface area contributed by atoms with E-state index in [1.54, 1.807) is 30.3 Å². The second-order valence-electron chi connectivity index (χ2n) is 10.3. The molecule has 0 saturated heterocycles. The van der Waals surface area contributed by atoms with Gasteiger partial charge in [0.2, 0.25) is 11.8 Å². The third-order valence-corrected chi connectivity index (χ3v) is 8.68. The van der Waals surface area contributed by atoms with Crippen LogP contribution in [0.1, 0.15) is 43.9 Å². The summed E-state index contributed by atoms with van der Waals surface area (Å²) in [5.41, 5.74) is 3.01. The standard InChI is InChI=1S/C31H38ClN3O4S/c1-6-29(31(37)33-19-22(2)3)34(20-25-11-8-7-10-24(25)5)30(36)21-35(27-13-9-12-26(32)18-27)40(38,39)28-16-14-23(4)15-17-28/h7-18,22,29H,6,19-21H2,1-5H3,(H,33,37)/t29-/m0/s1. The van der Waals surface area contributed by atoms with Gasteiger partial charge in [0.25, 0.3) is 10.0 Å². The molecule has 0 aliphatic carbocycles. The van der Waals surface area contributed by atoms with E-state index >= 15 is 0 Å². The fourth-order valence-electron chi connectivity index (χ4n) is 4.31. The Bertz CT molecular complexity index is 1420. The number of halogens is 1. The molecule has 40 heavy (non-hydrogen) atoms. The molecule has 0 aliphatic rings. The molecular weight excluding hydrogens is 546 g/mol. The number of rotatable bonds is 12. The lowest BCUT2D eigenvalue weighted by molar-refractivity contribution is -0.140. The molecule has 3 rings (SSSR count). The number of hydrogen-bond acceptors (Lipinski definition) is 4. The molecular formula is C31H38ClN3O4S. The molecule has 0 bridgehead atoms. The van der Waals surface area contributed by atoms with Gasteiger partial charge in [-0.2, -0.15) is 0 Å². The second-order valence-corrected chi connectivity index (χ2v) is 12.6. The van der Waals surface area contributed by atoms with Crippen molar-refractivity contribution in [3.8, 4) is 0 Å². The van der Waals surface area contributed by atoms with E-state index in [-0.39, 0.29) is 29.0 Å². The van der Waals surface area contributed by atoms with Crippen molar-refractivity contribution in [2.75, 3.05) is 17.4 Å². The van der Waals surface area contributed by atoms with Crippen LogP contribution in [0.5, 0.6) is 0 Å². The lowest BCUT2D eigenvalue weighted by Crippen LogP contribution is -2.52. The summed E-state index contributed by atoms with van der Waals surface area (Å²) in [6, 6.07) is 19.7. The van der Waals surface area contributed by atoms with Crippen LogP contribution >= 0.6 is 11.6 Å². The highest BCUT2D eigenvalue weighted by Crippen LogP contribution is 2.27. The van der Waals surface area contributed by atoms with Gasteiger partial charge in [-0.25, -0.2) is 8.42 Å². The number of aryl methyl sites for hydroxylation is 2. The fourth-order valence-corrected chi connectivity index (χ4v) is 5.90. The van der Waals surface area contributed by atoms with Gasteiger partial charge < -0.3 is 10.2 Å². The van der Waals surface area contributed by atoms with Crippen LogP contribution in [0.25, 0.3) is 0 Å². The Morgan fingerprint density at radius 3 is 2.23 bits per heavy atom. The van der Waals surface area contributed by atoms with Crippen LogP contribution < -0.4 is 9.62 Å². The highest BCUT2D eigenvalue weighted by atomic mass is 35.5. The Hall–Kier alpha value is -3.36. The van der Waals surface area contributed by atoms with Gasteiger partial charge in [-0.1, -0.05) is 80.4 Å². The fraction of sp³-hybridized carbons (Fsp3) is 0.355. The van der Waals surface area contributed by atoms with Gasteiger partial charge in [0.15, 0.2) is 0 Å². The Morgan fingerprint density at radius 1 is 0.950 bits per heavy atom. The van der Waals surface area contributed by atoms with Crippen LogP contribution in [-0.4, -0.2) is 44.3 Å². The average molecular weight is 584 g/mol. The molecule has 2 amide bonds. The average Bonchev–Trinajstić information content (AvgIpc) is 2.91. The maximum atomic E-state index is 14.1. The number of amides is 2. The van der Waals surface area contributed by atoms with E-state index in [9.17, 15) is 18.0 Å². The van der Waals surface area contributed by atoms with E-state index in [2.05, 4.69) is 5.32 Å². The normalized spacial score (nSPS) is 12.2. The summed E-state index contributed by atoms with van der Waals surface area (Å²) < 4.78 is 28.9. The van der Waals surface area contributed by atoms with Crippen LogP contribution in [0.4, 0.5) is 5.69 Å². The highest BCUT2D eigenvalue weighted by Gasteiger charge is 2.34.